The minimum absolute atomic E-state index is 0.108. The van der Waals surface area contributed by atoms with Gasteiger partial charge in [-0.05, 0) is 74.2 Å². The maximum atomic E-state index is 12.0. The average molecular weight is 720 g/mol. The molecule has 4 aromatic carbocycles. The molecule has 0 heterocycles. The summed E-state index contributed by atoms with van der Waals surface area (Å²) >= 11 is 23.6. The fourth-order valence-electron chi connectivity index (χ4n) is 3.70. The Balaban J connectivity index is 0.000000273. The smallest absolute Gasteiger partial charge is 0.411 e. The van der Waals surface area contributed by atoms with Gasteiger partial charge in [-0.1, -0.05) is 94.9 Å². The quantitative estimate of drug-likeness (QED) is 0.0630. The molecule has 47 heavy (non-hydrogen) atoms. The van der Waals surface area contributed by atoms with Crippen molar-refractivity contribution in [1.82, 2.24) is 10.6 Å². The molecule has 0 fully saturated rings. The highest BCUT2D eigenvalue weighted by Gasteiger charge is 2.10. The molecule has 0 saturated heterocycles. The summed E-state index contributed by atoms with van der Waals surface area (Å²) in [5.74, 6) is -0.402. The van der Waals surface area contributed by atoms with Gasteiger partial charge in [0.05, 0.1) is 20.1 Å². The van der Waals surface area contributed by atoms with Crippen LogP contribution < -0.4 is 33.2 Å². The van der Waals surface area contributed by atoms with Crippen molar-refractivity contribution in [2.24, 2.45) is 21.5 Å². The molecule has 0 aromatic heterocycles. The monoisotopic (exact) mass is 718 g/mol. The number of amides is 3. The SMILES string of the molecule is Cc1cccc(C)c1N.Cc1cccc(C)c1NC(=O)NC(N)=Nc1c(Cl)cccc1Cl.NC(=Nc1c(Cl)cccc1Cl)NC(=O)O. The fourth-order valence-corrected chi connectivity index (χ4v) is 4.66. The molecule has 0 saturated carbocycles. The van der Waals surface area contributed by atoms with E-state index in [1.807, 2.05) is 69.4 Å². The number of aryl methyl sites for hydroxylation is 4. The standard InChI is InChI=1S/C16H16Cl2N4O.C8H7Cl2N3O2.C8H11N/c1-9-5-3-6-10(2)13(9)21-16(23)22-15(19)20-14-11(17)7-4-8-12(14)18;9-4-2-1-3-5(10)6(4)12-7(11)13-8(14)15;1-6-4-3-5-7(2)8(6)9/h3-8H,1-2H3,(H4,19,20,21,22,23);1-3H,(H,14,15)(H3,11,12,13);3-5H,9H2,1-2H3. The summed E-state index contributed by atoms with van der Waals surface area (Å²) < 4.78 is 0. The van der Waals surface area contributed by atoms with Crippen LogP contribution in [0, 0.1) is 27.7 Å². The Morgan fingerprint density at radius 1 is 0.617 bits per heavy atom. The summed E-state index contributed by atoms with van der Waals surface area (Å²) in [6.45, 7) is 7.85. The van der Waals surface area contributed by atoms with Gasteiger partial charge in [-0.15, -0.1) is 0 Å². The number of nitrogens with zero attached hydrogens (tertiary/aromatic N) is 2. The van der Waals surface area contributed by atoms with Crippen LogP contribution >= 0.6 is 46.4 Å². The van der Waals surface area contributed by atoms with Crippen LogP contribution in [-0.4, -0.2) is 29.1 Å². The zero-order chi connectivity index (χ0) is 35.3. The molecule has 4 rings (SSSR count). The lowest BCUT2D eigenvalue weighted by Crippen LogP contribution is -2.39. The fraction of sp³-hybridized carbons (Fsp3) is 0.125. The van der Waals surface area contributed by atoms with Gasteiger partial charge < -0.3 is 27.6 Å². The number of rotatable bonds is 3. The van der Waals surface area contributed by atoms with Crippen LogP contribution in [0.25, 0.3) is 0 Å². The molecule has 10 N–H and O–H groups in total. The van der Waals surface area contributed by atoms with E-state index in [9.17, 15) is 9.59 Å². The van der Waals surface area contributed by atoms with Crippen molar-refractivity contribution in [3.8, 4) is 0 Å². The van der Waals surface area contributed by atoms with Crippen LogP contribution in [0.3, 0.4) is 0 Å². The minimum Gasteiger partial charge on any atom is -0.465 e. The molecular formula is C32H34Cl4N8O3. The van der Waals surface area contributed by atoms with E-state index >= 15 is 0 Å². The summed E-state index contributed by atoms with van der Waals surface area (Å²) in [5.41, 5.74) is 23.1. The van der Waals surface area contributed by atoms with Gasteiger partial charge in [-0.2, -0.15) is 0 Å². The second-order valence-corrected chi connectivity index (χ2v) is 11.3. The molecule has 4 aromatic rings. The second kappa shape index (κ2) is 18.5. The topological polar surface area (TPSA) is 193 Å². The van der Waals surface area contributed by atoms with Gasteiger partial charge >= 0.3 is 12.1 Å². The van der Waals surface area contributed by atoms with Gasteiger partial charge in [0.15, 0.2) is 0 Å². The third-order valence-corrected chi connectivity index (χ3v) is 7.30. The van der Waals surface area contributed by atoms with E-state index in [2.05, 4.69) is 20.6 Å². The number of guanidine groups is 2. The molecule has 0 aliphatic carbocycles. The lowest BCUT2D eigenvalue weighted by Gasteiger charge is -2.12. The molecule has 0 atom stereocenters. The Labute approximate surface area is 292 Å². The zero-order valence-electron chi connectivity index (χ0n) is 25.8. The Morgan fingerprint density at radius 2 is 0.957 bits per heavy atom. The number of halogens is 4. The van der Waals surface area contributed by atoms with Crippen LogP contribution in [-0.2, 0) is 0 Å². The van der Waals surface area contributed by atoms with Crippen molar-refractivity contribution >= 4 is 93.2 Å². The van der Waals surface area contributed by atoms with Gasteiger partial charge in [-0.25, -0.2) is 19.6 Å². The van der Waals surface area contributed by atoms with Gasteiger partial charge in [-0.3, -0.25) is 10.6 Å². The maximum absolute atomic E-state index is 12.0. The van der Waals surface area contributed by atoms with Gasteiger partial charge in [0.2, 0.25) is 11.9 Å². The van der Waals surface area contributed by atoms with Crippen LogP contribution in [0.2, 0.25) is 20.1 Å². The molecule has 0 spiro atoms. The number of nitrogens with two attached hydrogens (primary N) is 3. The normalized spacial score (nSPS) is 10.9. The van der Waals surface area contributed by atoms with E-state index in [4.69, 9.17) is 68.7 Å². The predicted octanol–water partition coefficient (Wildman–Crippen LogP) is 8.47. The molecule has 0 unspecified atom stereocenters. The lowest BCUT2D eigenvalue weighted by molar-refractivity contribution is 0.200. The summed E-state index contributed by atoms with van der Waals surface area (Å²) in [6.07, 6.45) is -1.31. The van der Waals surface area contributed by atoms with Crippen LogP contribution in [0.5, 0.6) is 0 Å². The van der Waals surface area contributed by atoms with Crippen LogP contribution in [0.1, 0.15) is 22.3 Å². The third kappa shape index (κ3) is 12.6. The molecule has 248 valence electrons. The maximum Gasteiger partial charge on any atom is 0.411 e. The molecular weight excluding hydrogens is 686 g/mol. The highest BCUT2D eigenvalue weighted by molar-refractivity contribution is 6.39. The zero-order valence-corrected chi connectivity index (χ0v) is 28.9. The van der Waals surface area contributed by atoms with Gasteiger partial charge in [0.1, 0.15) is 11.4 Å². The van der Waals surface area contributed by atoms with Gasteiger partial charge in [0.25, 0.3) is 0 Å². The number of carbonyl (C=O) groups excluding carboxylic acids is 1. The van der Waals surface area contributed by atoms with Gasteiger partial charge in [0, 0.05) is 11.4 Å². The van der Waals surface area contributed by atoms with Crippen molar-refractivity contribution < 1.29 is 14.7 Å². The van der Waals surface area contributed by atoms with E-state index in [0.29, 0.717) is 15.7 Å². The van der Waals surface area contributed by atoms with Crippen LogP contribution in [0.15, 0.2) is 82.8 Å². The second-order valence-electron chi connectivity index (χ2n) is 9.72. The summed E-state index contributed by atoms with van der Waals surface area (Å²) in [5, 5.41) is 16.7. The van der Waals surface area contributed by atoms with E-state index < -0.39 is 12.1 Å². The number of urea groups is 1. The molecule has 0 radical (unpaired) electrons. The van der Waals surface area contributed by atoms with E-state index in [1.165, 1.54) is 0 Å². The molecule has 11 nitrogen and oxygen atoms in total. The lowest BCUT2D eigenvalue weighted by atomic mass is 10.1. The van der Waals surface area contributed by atoms with Crippen molar-refractivity contribution in [2.75, 3.05) is 11.1 Å². The minimum atomic E-state index is -1.31. The number of nitrogen functional groups attached to an aromatic ring is 1. The number of carboxylic acid groups (broad SMARTS) is 1. The number of anilines is 2. The van der Waals surface area contributed by atoms with Crippen molar-refractivity contribution in [2.45, 2.75) is 27.7 Å². The number of benzene rings is 4. The Hall–Kier alpha value is -4.68. The number of aliphatic imine (C=N–C) groups is 2. The summed E-state index contributed by atoms with van der Waals surface area (Å²) in [7, 11) is 0. The van der Waals surface area contributed by atoms with Crippen molar-refractivity contribution in [3.05, 3.63) is 115 Å². The Bertz CT molecular complexity index is 1720. The average Bonchev–Trinajstić information content (AvgIpc) is 2.98. The third-order valence-electron chi connectivity index (χ3n) is 6.08. The first-order chi connectivity index (χ1) is 22.1. The largest absolute Gasteiger partial charge is 0.465 e. The Kier molecular flexibility index (Phi) is 15.1. The number of para-hydroxylation sites is 4. The number of carbonyl (C=O) groups is 2. The van der Waals surface area contributed by atoms with E-state index in [0.717, 1.165) is 33.6 Å². The van der Waals surface area contributed by atoms with Crippen molar-refractivity contribution in [3.63, 3.8) is 0 Å². The number of nitrogens with one attached hydrogen (secondary N) is 3. The van der Waals surface area contributed by atoms with E-state index in [1.54, 1.807) is 36.4 Å². The molecule has 0 bridgehead atoms. The first-order valence-electron chi connectivity index (χ1n) is 13.6. The number of hydrogen-bond donors (Lipinski definition) is 7. The molecule has 0 aliphatic heterocycles. The first-order valence-corrected chi connectivity index (χ1v) is 15.1. The first kappa shape index (κ1) is 38.5. The van der Waals surface area contributed by atoms with Crippen molar-refractivity contribution in [1.29, 1.82) is 0 Å². The Morgan fingerprint density at radius 3 is 1.32 bits per heavy atom. The highest BCUT2D eigenvalue weighted by Crippen LogP contribution is 2.33. The molecule has 15 heteroatoms. The molecule has 0 aliphatic rings. The van der Waals surface area contributed by atoms with E-state index in [-0.39, 0.29) is 27.7 Å². The number of hydrogen-bond acceptors (Lipinski definition) is 5. The highest BCUT2D eigenvalue weighted by atomic mass is 35.5. The summed E-state index contributed by atoms with van der Waals surface area (Å²) in [6, 6.07) is 21.0. The van der Waals surface area contributed by atoms with Crippen LogP contribution in [0.4, 0.5) is 32.3 Å². The summed E-state index contributed by atoms with van der Waals surface area (Å²) in [4.78, 5) is 30.1. The molecule has 3 amide bonds. The predicted molar refractivity (Wildman–Crippen MR) is 195 cm³/mol.